The molecule has 0 aromatic carbocycles. The second-order valence-corrected chi connectivity index (χ2v) is 4.08. The van der Waals surface area contributed by atoms with Crippen LogP contribution in [0.5, 0.6) is 0 Å². The van der Waals surface area contributed by atoms with Gasteiger partial charge in [0.2, 0.25) is 0 Å². The molecule has 0 spiro atoms. The van der Waals surface area contributed by atoms with Crippen molar-refractivity contribution in [1.82, 2.24) is 4.98 Å². The molecule has 1 heterocycles. The number of pyridine rings is 1. The van der Waals surface area contributed by atoms with E-state index in [1.165, 1.54) is 0 Å². The van der Waals surface area contributed by atoms with Crippen LogP contribution >= 0.6 is 0 Å². The molecule has 0 amide bonds. The summed E-state index contributed by atoms with van der Waals surface area (Å²) in [5, 5.41) is 12.0. The first-order valence-corrected chi connectivity index (χ1v) is 5.75. The zero-order chi connectivity index (χ0) is 12.3. The fraction of sp³-hybridized carbons (Fsp3) is 0.500. The van der Waals surface area contributed by atoms with Crippen LogP contribution in [0.2, 0.25) is 0 Å². The highest BCUT2D eigenvalue weighted by molar-refractivity contribution is 5.41. The Kier molecular flexibility index (Phi) is 3.57. The summed E-state index contributed by atoms with van der Waals surface area (Å²) in [7, 11) is 0. The molecule has 1 aromatic heterocycles. The summed E-state index contributed by atoms with van der Waals surface area (Å²) in [6.45, 7) is 2.65. The predicted molar refractivity (Wildman–Crippen MR) is 64.4 cm³/mol. The Morgan fingerprint density at radius 3 is 3.12 bits per heavy atom. The Bertz CT molecular complexity index is 427. The monoisotopic (exact) mass is 232 g/mol. The van der Waals surface area contributed by atoms with Crippen LogP contribution in [0.3, 0.4) is 0 Å². The van der Waals surface area contributed by atoms with E-state index >= 15 is 0 Å². The summed E-state index contributed by atoms with van der Waals surface area (Å²) < 4.78 is 5.55. The number of anilines is 1. The van der Waals surface area contributed by atoms with E-state index in [9.17, 15) is 0 Å². The fourth-order valence-corrected chi connectivity index (χ4v) is 1.98. The molecule has 3 atom stereocenters. The van der Waals surface area contributed by atoms with Gasteiger partial charge in [-0.15, -0.1) is 0 Å². The summed E-state index contributed by atoms with van der Waals surface area (Å²) in [4.78, 5) is 4.16. The van der Waals surface area contributed by atoms with Crippen LogP contribution in [-0.2, 0) is 4.74 Å². The molecule has 0 radical (unpaired) electrons. The molecule has 3 N–H and O–H groups in total. The van der Waals surface area contributed by atoms with Crippen LogP contribution in [-0.4, -0.2) is 29.8 Å². The maximum Gasteiger partial charge on any atom is 0.142 e. The van der Waals surface area contributed by atoms with Crippen LogP contribution in [0.4, 0.5) is 5.82 Å². The first-order valence-electron chi connectivity index (χ1n) is 5.75. The number of nitrogens with one attached hydrogen (secondary N) is 1. The van der Waals surface area contributed by atoms with Gasteiger partial charge < -0.3 is 15.8 Å². The molecule has 5 nitrogen and oxygen atoms in total. The van der Waals surface area contributed by atoms with E-state index in [0.717, 1.165) is 6.42 Å². The van der Waals surface area contributed by atoms with Crippen molar-refractivity contribution in [2.45, 2.75) is 31.5 Å². The van der Waals surface area contributed by atoms with Crippen molar-refractivity contribution in [3.05, 3.63) is 23.9 Å². The zero-order valence-electron chi connectivity index (χ0n) is 9.76. The summed E-state index contributed by atoms with van der Waals surface area (Å²) in [6, 6.07) is 7.47. The fourth-order valence-electron chi connectivity index (χ4n) is 1.98. The normalized spacial score (nSPS) is 27.0. The maximum atomic E-state index is 8.77. The summed E-state index contributed by atoms with van der Waals surface area (Å²) in [5.41, 5.74) is 6.33. The molecule has 90 valence electrons. The van der Waals surface area contributed by atoms with Crippen LogP contribution in [0, 0.1) is 11.3 Å². The van der Waals surface area contributed by atoms with E-state index in [-0.39, 0.29) is 18.2 Å². The molecule has 1 fully saturated rings. The number of aromatic nitrogens is 1. The molecular weight excluding hydrogens is 216 g/mol. The van der Waals surface area contributed by atoms with Gasteiger partial charge in [-0.05, 0) is 25.5 Å². The Balaban J connectivity index is 2.02. The molecule has 0 saturated heterocycles. The Labute approximate surface area is 101 Å². The molecular formula is C12H16N4O. The number of hydrogen-bond acceptors (Lipinski definition) is 5. The van der Waals surface area contributed by atoms with Crippen LogP contribution in [0.1, 0.15) is 19.0 Å². The molecule has 2 rings (SSSR count). The third-order valence-electron chi connectivity index (χ3n) is 2.93. The number of ether oxygens (including phenoxy) is 1. The van der Waals surface area contributed by atoms with E-state index in [0.29, 0.717) is 18.1 Å². The molecule has 0 aliphatic heterocycles. The molecule has 1 aromatic rings. The number of rotatable bonds is 4. The summed E-state index contributed by atoms with van der Waals surface area (Å²) in [6.07, 6.45) is 1.01. The van der Waals surface area contributed by atoms with Gasteiger partial charge in [-0.2, -0.15) is 5.26 Å². The largest absolute Gasteiger partial charge is 0.376 e. The first kappa shape index (κ1) is 11.8. The number of nitriles is 1. The lowest BCUT2D eigenvalue weighted by Gasteiger charge is -2.42. The summed E-state index contributed by atoms with van der Waals surface area (Å²) in [5.74, 6) is 0.675. The quantitative estimate of drug-likeness (QED) is 0.804. The minimum Gasteiger partial charge on any atom is -0.376 e. The molecule has 17 heavy (non-hydrogen) atoms. The second-order valence-electron chi connectivity index (χ2n) is 4.08. The van der Waals surface area contributed by atoms with Gasteiger partial charge in [0, 0.05) is 12.6 Å². The highest BCUT2D eigenvalue weighted by Crippen LogP contribution is 2.25. The predicted octanol–water partition coefficient (Wildman–Crippen LogP) is 0.870. The van der Waals surface area contributed by atoms with E-state index in [4.69, 9.17) is 15.7 Å². The molecule has 1 saturated carbocycles. The smallest absolute Gasteiger partial charge is 0.142 e. The van der Waals surface area contributed by atoms with Crippen LogP contribution < -0.4 is 11.1 Å². The van der Waals surface area contributed by atoms with Gasteiger partial charge >= 0.3 is 0 Å². The summed E-state index contributed by atoms with van der Waals surface area (Å²) >= 11 is 0. The third kappa shape index (κ3) is 2.54. The van der Waals surface area contributed by atoms with Crippen molar-refractivity contribution >= 4 is 5.82 Å². The van der Waals surface area contributed by atoms with E-state index in [1.54, 1.807) is 12.1 Å². The Morgan fingerprint density at radius 2 is 2.47 bits per heavy atom. The Morgan fingerprint density at radius 1 is 1.65 bits per heavy atom. The third-order valence-corrected chi connectivity index (χ3v) is 2.93. The van der Waals surface area contributed by atoms with Crippen molar-refractivity contribution in [2.24, 2.45) is 5.73 Å². The average Bonchev–Trinajstić information content (AvgIpc) is 2.36. The van der Waals surface area contributed by atoms with Crippen molar-refractivity contribution in [2.75, 3.05) is 11.9 Å². The lowest BCUT2D eigenvalue weighted by Crippen LogP contribution is -2.60. The topological polar surface area (TPSA) is 84.0 Å². The van der Waals surface area contributed by atoms with Gasteiger partial charge in [-0.1, -0.05) is 6.07 Å². The van der Waals surface area contributed by atoms with Gasteiger partial charge in [-0.3, -0.25) is 0 Å². The van der Waals surface area contributed by atoms with Gasteiger partial charge in [0.25, 0.3) is 0 Å². The van der Waals surface area contributed by atoms with Crippen molar-refractivity contribution in [1.29, 1.82) is 5.26 Å². The zero-order valence-corrected chi connectivity index (χ0v) is 9.76. The highest BCUT2D eigenvalue weighted by atomic mass is 16.5. The van der Waals surface area contributed by atoms with Gasteiger partial charge in [0.15, 0.2) is 0 Å². The molecule has 1 aliphatic rings. The van der Waals surface area contributed by atoms with Crippen LogP contribution in [0.15, 0.2) is 18.2 Å². The van der Waals surface area contributed by atoms with Crippen molar-refractivity contribution in [3.8, 4) is 6.07 Å². The average molecular weight is 232 g/mol. The lowest BCUT2D eigenvalue weighted by molar-refractivity contribution is -0.0127. The van der Waals surface area contributed by atoms with Crippen LogP contribution in [0.25, 0.3) is 0 Å². The lowest BCUT2D eigenvalue weighted by atomic mass is 9.83. The van der Waals surface area contributed by atoms with Crippen molar-refractivity contribution in [3.63, 3.8) is 0 Å². The number of nitrogens with two attached hydrogens (primary N) is 1. The van der Waals surface area contributed by atoms with E-state index < -0.39 is 0 Å². The second kappa shape index (κ2) is 5.13. The van der Waals surface area contributed by atoms with Gasteiger partial charge in [0.05, 0.1) is 12.1 Å². The SMILES string of the molecule is CCOC1CC(N)C1Nc1cccc(C#N)n1. The standard InChI is InChI=1S/C12H16N4O/c1-2-17-10-6-9(14)12(10)16-11-5-3-4-8(7-13)15-11/h3-5,9-10,12H,2,6,14H2,1H3,(H,15,16). The molecule has 0 bridgehead atoms. The van der Waals surface area contributed by atoms with Gasteiger partial charge in [-0.25, -0.2) is 4.98 Å². The van der Waals surface area contributed by atoms with Gasteiger partial charge in [0.1, 0.15) is 17.6 Å². The minimum absolute atomic E-state index is 0.0800. The molecule has 5 heteroatoms. The maximum absolute atomic E-state index is 8.77. The first-order chi connectivity index (χ1) is 8.24. The van der Waals surface area contributed by atoms with Crippen molar-refractivity contribution < 1.29 is 4.74 Å². The Hall–Kier alpha value is -1.64. The van der Waals surface area contributed by atoms with E-state index in [1.807, 2.05) is 19.1 Å². The van der Waals surface area contributed by atoms with E-state index in [2.05, 4.69) is 10.3 Å². The number of hydrogen-bond donors (Lipinski definition) is 2. The molecule has 1 aliphatic carbocycles. The highest BCUT2D eigenvalue weighted by Gasteiger charge is 2.39. The molecule has 3 unspecified atom stereocenters. The minimum atomic E-state index is 0.0800. The number of nitrogens with zero attached hydrogens (tertiary/aromatic N) is 2.